The van der Waals surface area contributed by atoms with Gasteiger partial charge in [-0.15, -0.1) is 11.3 Å². The number of thiophene rings is 1. The van der Waals surface area contributed by atoms with E-state index in [1.165, 1.54) is 20.5 Å². The summed E-state index contributed by atoms with van der Waals surface area (Å²) < 4.78 is 6.63. The van der Waals surface area contributed by atoms with Crippen LogP contribution in [0.5, 0.6) is 5.75 Å². The predicted molar refractivity (Wildman–Crippen MR) is 75.0 cm³/mol. The number of hydrogen-bond acceptors (Lipinski definition) is 3. The largest absolute Gasteiger partial charge is 0.495 e. The summed E-state index contributed by atoms with van der Waals surface area (Å²) in [6.07, 6.45) is 0. The van der Waals surface area contributed by atoms with Gasteiger partial charge in [-0.3, -0.25) is 0 Å². The Labute approximate surface area is 106 Å². The van der Waals surface area contributed by atoms with Gasteiger partial charge in [0.25, 0.3) is 0 Å². The van der Waals surface area contributed by atoms with Gasteiger partial charge in [-0.05, 0) is 17.0 Å². The highest BCUT2D eigenvalue weighted by molar-refractivity contribution is 7.19. The molecule has 0 amide bonds. The molecule has 0 atom stereocenters. The van der Waals surface area contributed by atoms with Gasteiger partial charge in [0.1, 0.15) is 5.75 Å². The summed E-state index contributed by atoms with van der Waals surface area (Å²) in [5.41, 5.74) is 7.34. The lowest BCUT2D eigenvalue weighted by molar-refractivity contribution is 0.420. The van der Waals surface area contributed by atoms with Crippen molar-refractivity contribution in [3.8, 4) is 5.75 Å². The summed E-state index contributed by atoms with van der Waals surface area (Å²) in [6.45, 7) is 7.28. The van der Waals surface area contributed by atoms with Crippen LogP contribution in [0.1, 0.15) is 31.2 Å². The van der Waals surface area contributed by atoms with Crippen LogP contribution in [-0.2, 0) is 12.0 Å². The fourth-order valence-corrected chi connectivity index (χ4v) is 3.65. The Hall–Kier alpha value is -1.06. The Morgan fingerprint density at radius 2 is 2.00 bits per heavy atom. The number of rotatable bonds is 2. The van der Waals surface area contributed by atoms with Crippen LogP contribution >= 0.6 is 11.3 Å². The minimum atomic E-state index is 0.110. The third kappa shape index (κ3) is 2.05. The Morgan fingerprint density at radius 1 is 1.29 bits per heavy atom. The quantitative estimate of drug-likeness (QED) is 0.881. The summed E-state index contributed by atoms with van der Waals surface area (Å²) >= 11 is 1.75. The van der Waals surface area contributed by atoms with Crippen LogP contribution in [0.15, 0.2) is 18.2 Å². The maximum atomic E-state index is 5.87. The van der Waals surface area contributed by atoms with Crippen molar-refractivity contribution >= 4 is 21.4 Å². The van der Waals surface area contributed by atoms with E-state index in [4.69, 9.17) is 10.5 Å². The molecule has 0 aliphatic rings. The molecule has 0 spiro atoms. The first-order valence-electron chi connectivity index (χ1n) is 5.78. The Kier molecular flexibility index (Phi) is 3.15. The minimum absolute atomic E-state index is 0.110. The van der Waals surface area contributed by atoms with Gasteiger partial charge in [0.2, 0.25) is 0 Å². The number of methoxy groups -OCH3 is 1. The number of nitrogens with two attached hydrogens (primary N) is 1. The molecular weight excluding hydrogens is 230 g/mol. The fraction of sp³-hybridized carbons (Fsp3) is 0.429. The second-order valence-electron chi connectivity index (χ2n) is 5.19. The van der Waals surface area contributed by atoms with E-state index < -0.39 is 0 Å². The fourth-order valence-electron chi connectivity index (χ4n) is 2.27. The van der Waals surface area contributed by atoms with Crippen LogP contribution in [0.2, 0.25) is 0 Å². The lowest BCUT2D eigenvalue weighted by Crippen LogP contribution is -2.14. The molecule has 0 saturated heterocycles. The Balaban J connectivity index is 2.81. The van der Waals surface area contributed by atoms with E-state index in [1.807, 2.05) is 12.1 Å². The first-order chi connectivity index (χ1) is 7.99. The summed E-state index contributed by atoms with van der Waals surface area (Å²) in [6, 6.07) is 6.21. The summed E-state index contributed by atoms with van der Waals surface area (Å²) in [4.78, 5) is 1.26. The summed E-state index contributed by atoms with van der Waals surface area (Å²) in [5.74, 6) is 0.942. The normalized spacial score (nSPS) is 12.1. The Bertz CT molecular complexity index is 537. The zero-order valence-electron chi connectivity index (χ0n) is 10.8. The number of ether oxygens (including phenoxy) is 1. The summed E-state index contributed by atoms with van der Waals surface area (Å²) in [7, 11) is 1.72. The van der Waals surface area contributed by atoms with E-state index in [2.05, 4.69) is 26.8 Å². The molecule has 1 aromatic carbocycles. The molecule has 0 radical (unpaired) electrons. The van der Waals surface area contributed by atoms with Crippen LogP contribution < -0.4 is 10.5 Å². The number of hydrogen-bond donors (Lipinski definition) is 1. The molecule has 0 unspecified atom stereocenters. The average Bonchev–Trinajstić information content (AvgIpc) is 2.66. The zero-order chi connectivity index (χ0) is 12.6. The molecule has 92 valence electrons. The molecule has 0 aliphatic heterocycles. The zero-order valence-corrected chi connectivity index (χ0v) is 11.6. The van der Waals surface area contributed by atoms with Crippen molar-refractivity contribution in [3.63, 3.8) is 0 Å². The highest BCUT2D eigenvalue weighted by Crippen LogP contribution is 2.42. The van der Waals surface area contributed by atoms with Crippen LogP contribution in [0.3, 0.4) is 0 Å². The van der Waals surface area contributed by atoms with Gasteiger partial charge in [0.15, 0.2) is 0 Å². The molecule has 1 heterocycles. The second-order valence-corrected chi connectivity index (χ2v) is 6.30. The van der Waals surface area contributed by atoms with E-state index >= 15 is 0 Å². The molecule has 17 heavy (non-hydrogen) atoms. The van der Waals surface area contributed by atoms with Crippen molar-refractivity contribution in [1.29, 1.82) is 0 Å². The highest BCUT2D eigenvalue weighted by Gasteiger charge is 2.23. The molecular formula is C14H19NOS. The lowest BCUT2D eigenvalue weighted by atomic mass is 9.85. The van der Waals surface area contributed by atoms with Crippen molar-refractivity contribution < 1.29 is 4.74 Å². The first-order valence-corrected chi connectivity index (χ1v) is 6.59. The molecule has 2 aromatic rings. The highest BCUT2D eigenvalue weighted by atomic mass is 32.1. The van der Waals surface area contributed by atoms with Crippen molar-refractivity contribution in [3.05, 3.63) is 28.6 Å². The van der Waals surface area contributed by atoms with Gasteiger partial charge in [-0.2, -0.15) is 0 Å². The summed E-state index contributed by atoms with van der Waals surface area (Å²) in [5, 5.41) is 1.28. The third-order valence-electron chi connectivity index (χ3n) is 2.91. The van der Waals surface area contributed by atoms with E-state index in [9.17, 15) is 0 Å². The average molecular weight is 249 g/mol. The van der Waals surface area contributed by atoms with E-state index in [1.54, 1.807) is 18.4 Å². The van der Waals surface area contributed by atoms with Gasteiger partial charge in [-0.25, -0.2) is 0 Å². The van der Waals surface area contributed by atoms with Crippen molar-refractivity contribution in [2.45, 2.75) is 32.7 Å². The maximum absolute atomic E-state index is 5.87. The molecule has 2 nitrogen and oxygen atoms in total. The molecule has 2 N–H and O–H groups in total. The maximum Gasteiger partial charge on any atom is 0.136 e. The third-order valence-corrected chi connectivity index (χ3v) is 4.15. The number of fused-ring (bicyclic) bond motifs is 1. The van der Waals surface area contributed by atoms with E-state index in [0.29, 0.717) is 6.54 Å². The molecule has 3 heteroatoms. The molecule has 1 aromatic heterocycles. The van der Waals surface area contributed by atoms with Crippen LogP contribution in [0, 0.1) is 0 Å². The monoisotopic (exact) mass is 249 g/mol. The molecule has 2 rings (SSSR count). The van der Waals surface area contributed by atoms with Crippen molar-refractivity contribution in [1.82, 2.24) is 0 Å². The van der Waals surface area contributed by atoms with Crippen LogP contribution in [-0.4, -0.2) is 7.11 Å². The minimum Gasteiger partial charge on any atom is -0.495 e. The van der Waals surface area contributed by atoms with Crippen molar-refractivity contribution in [2.24, 2.45) is 5.73 Å². The standard InChI is InChI=1S/C14H19NOS/c1-14(2,3)12-9-6-5-7-10(16-4)13(9)17-11(12)8-15/h5-7H,8,15H2,1-4H3. The van der Waals surface area contributed by atoms with Gasteiger partial charge >= 0.3 is 0 Å². The van der Waals surface area contributed by atoms with Gasteiger partial charge < -0.3 is 10.5 Å². The van der Waals surface area contributed by atoms with Crippen molar-refractivity contribution in [2.75, 3.05) is 7.11 Å². The topological polar surface area (TPSA) is 35.2 Å². The lowest BCUT2D eigenvalue weighted by Gasteiger charge is -2.20. The van der Waals surface area contributed by atoms with Gasteiger partial charge in [-0.1, -0.05) is 32.9 Å². The molecule has 0 saturated carbocycles. The molecule has 0 aliphatic carbocycles. The van der Waals surface area contributed by atoms with Crippen LogP contribution in [0.4, 0.5) is 0 Å². The van der Waals surface area contributed by atoms with Gasteiger partial charge in [0, 0.05) is 16.8 Å². The Morgan fingerprint density at radius 3 is 2.53 bits per heavy atom. The smallest absolute Gasteiger partial charge is 0.136 e. The predicted octanol–water partition coefficient (Wildman–Crippen LogP) is 3.67. The number of benzene rings is 1. The molecule has 0 fully saturated rings. The molecule has 0 bridgehead atoms. The van der Waals surface area contributed by atoms with Crippen LogP contribution in [0.25, 0.3) is 10.1 Å². The second kappa shape index (κ2) is 4.31. The SMILES string of the molecule is COc1cccc2c(C(C)(C)C)c(CN)sc12. The van der Waals surface area contributed by atoms with E-state index in [0.717, 1.165) is 5.75 Å². The van der Waals surface area contributed by atoms with Gasteiger partial charge in [0.05, 0.1) is 11.8 Å². The first kappa shape index (κ1) is 12.4. The van der Waals surface area contributed by atoms with E-state index in [-0.39, 0.29) is 5.41 Å².